The summed E-state index contributed by atoms with van der Waals surface area (Å²) in [5.74, 6) is -0.111. The van der Waals surface area contributed by atoms with Gasteiger partial charge in [0.1, 0.15) is 0 Å². The fourth-order valence-electron chi connectivity index (χ4n) is 2.73. The number of unbranched alkanes of at least 4 members (excludes halogenated alkanes) is 7. The molecule has 0 fully saturated rings. The van der Waals surface area contributed by atoms with E-state index in [1.165, 1.54) is 26.4 Å². The first-order valence-corrected chi connectivity index (χ1v) is 9.58. The quantitative estimate of drug-likeness (QED) is 0.249. The van der Waals surface area contributed by atoms with Crippen LogP contribution >= 0.6 is 0 Å². The molecule has 24 heavy (non-hydrogen) atoms. The molecule has 0 aromatic rings. The van der Waals surface area contributed by atoms with Gasteiger partial charge >= 0.3 is 5.97 Å². The molecule has 0 rings (SSSR count). The van der Waals surface area contributed by atoms with Crippen LogP contribution in [-0.4, -0.2) is 37.5 Å². The molecule has 0 aliphatic carbocycles. The Kier molecular flexibility index (Phi) is 16.4. The molecule has 0 amide bonds. The lowest BCUT2D eigenvalue weighted by Crippen LogP contribution is -2.27. The zero-order valence-corrected chi connectivity index (χ0v) is 16.0. The van der Waals surface area contributed by atoms with Crippen LogP contribution < -0.4 is 0 Å². The average Bonchev–Trinajstić information content (AvgIpc) is 2.59. The van der Waals surface area contributed by atoms with Crippen LogP contribution in [0.3, 0.4) is 0 Å². The third-order valence-corrected chi connectivity index (χ3v) is 4.35. The summed E-state index contributed by atoms with van der Waals surface area (Å²) in [4.78, 5) is 11.0. The van der Waals surface area contributed by atoms with E-state index >= 15 is 0 Å². The van der Waals surface area contributed by atoms with Crippen LogP contribution in [0, 0.1) is 0 Å². The second kappa shape index (κ2) is 17.0. The van der Waals surface area contributed by atoms with Crippen molar-refractivity contribution in [2.24, 2.45) is 0 Å². The number of rotatable bonds is 16. The second-order valence-corrected chi connectivity index (χ2v) is 6.43. The number of methoxy groups -OCH3 is 2. The molecule has 2 unspecified atom stereocenters. The lowest BCUT2D eigenvalue weighted by Gasteiger charge is -2.20. The molecule has 0 aliphatic rings. The first kappa shape index (κ1) is 23.1. The number of hydrogen-bond acceptors (Lipinski definition) is 4. The number of carbonyl (C=O) groups is 1. The molecule has 0 heterocycles. The van der Waals surface area contributed by atoms with Crippen molar-refractivity contribution in [3.63, 3.8) is 0 Å². The fourth-order valence-corrected chi connectivity index (χ4v) is 2.73. The van der Waals surface area contributed by atoms with Gasteiger partial charge in [-0.05, 0) is 32.1 Å². The van der Waals surface area contributed by atoms with E-state index in [4.69, 9.17) is 4.74 Å². The molecule has 0 bridgehead atoms. The minimum atomic E-state index is -0.401. The van der Waals surface area contributed by atoms with Crippen LogP contribution in [0.5, 0.6) is 0 Å². The number of hydrogen-bond donors (Lipinski definition) is 1. The average molecular weight is 343 g/mol. The Morgan fingerprint density at radius 1 is 1.00 bits per heavy atom. The number of aliphatic hydroxyl groups is 1. The summed E-state index contributed by atoms with van der Waals surface area (Å²) in [7, 11) is 3.12. The first-order valence-electron chi connectivity index (χ1n) is 9.58. The molecular weight excluding hydrogens is 304 g/mol. The predicted molar refractivity (Wildman–Crippen MR) is 99.0 cm³/mol. The highest BCUT2D eigenvalue weighted by molar-refractivity contribution is 5.68. The van der Waals surface area contributed by atoms with Gasteiger partial charge in [-0.3, -0.25) is 4.79 Å². The van der Waals surface area contributed by atoms with Crippen LogP contribution in [0.25, 0.3) is 0 Å². The van der Waals surface area contributed by atoms with Gasteiger partial charge in [-0.1, -0.05) is 57.6 Å². The minimum absolute atomic E-state index is 0.0454. The van der Waals surface area contributed by atoms with Gasteiger partial charge in [-0.25, -0.2) is 0 Å². The summed E-state index contributed by atoms with van der Waals surface area (Å²) in [5, 5.41) is 10.2. The van der Waals surface area contributed by atoms with Gasteiger partial charge < -0.3 is 14.6 Å². The summed E-state index contributed by atoms with van der Waals surface area (Å²) < 4.78 is 10.0. The maximum Gasteiger partial charge on any atom is 0.305 e. The van der Waals surface area contributed by atoms with Gasteiger partial charge in [0.05, 0.1) is 19.3 Å². The van der Waals surface area contributed by atoms with Crippen molar-refractivity contribution in [2.75, 3.05) is 14.2 Å². The standard InChI is InChI=1S/C20H38O4/c1-4-5-12-16-19(23-2)18(21)15-13-10-8-6-7-9-11-14-17-20(22)24-3/h10,13,18-19,21H,4-9,11-12,14-17H2,1-3H3/b13-10+. The van der Waals surface area contributed by atoms with Crippen molar-refractivity contribution in [3.8, 4) is 0 Å². The molecule has 2 atom stereocenters. The zero-order chi connectivity index (χ0) is 18.0. The molecule has 4 heteroatoms. The Morgan fingerprint density at radius 3 is 2.38 bits per heavy atom. The Morgan fingerprint density at radius 2 is 1.71 bits per heavy atom. The molecule has 0 aliphatic heterocycles. The number of carbonyl (C=O) groups excluding carboxylic acids is 1. The van der Waals surface area contributed by atoms with Crippen LogP contribution in [0.2, 0.25) is 0 Å². The van der Waals surface area contributed by atoms with E-state index in [0.29, 0.717) is 12.8 Å². The number of ether oxygens (including phenoxy) is 2. The van der Waals surface area contributed by atoms with E-state index in [1.807, 2.05) is 0 Å². The molecule has 4 nitrogen and oxygen atoms in total. The van der Waals surface area contributed by atoms with E-state index in [-0.39, 0.29) is 12.1 Å². The van der Waals surface area contributed by atoms with Gasteiger partial charge in [0.25, 0.3) is 0 Å². The molecular formula is C20H38O4. The predicted octanol–water partition coefficient (Wildman–Crippen LogP) is 4.79. The van der Waals surface area contributed by atoms with Gasteiger partial charge in [-0.2, -0.15) is 0 Å². The van der Waals surface area contributed by atoms with Crippen molar-refractivity contribution < 1.29 is 19.4 Å². The number of allylic oxidation sites excluding steroid dienone is 1. The minimum Gasteiger partial charge on any atom is -0.469 e. The summed E-state index contributed by atoms with van der Waals surface area (Å²) in [6, 6.07) is 0. The Hall–Kier alpha value is -0.870. The van der Waals surface area contributed by atoms with E-state index < -0.39 is 6.10 Å². The van der Waals surface area contributed by atoms with Crippen LogP contribution in [0.15, 0.2) is 12.2 Å². The lowest BCUT2D eigenvalue weighted by atomic mass is 10.0. The van der Waals surface area contributed by atoms with E-state index in [1.54, 1.807) is 7.11 Å². The Bertz CT molecular complexity index is 315. The molecule has 0 saturated heterocycles. The Labute approximate surface area is 148 Å². The fraction of sp³-hybridized carbons (Fsp3) is 0.850. The van der Waals surface area contributed by atoms with Crippen molar-refractivity contribution in [1.29, 1.82) is 0 Å². The third-order valence-electron chi connectivity index (χ3n) is 4.35. The topological polar surface area (TPSA) is 55.8 Å². The molecule has 0 spiro atoms. The molecule has 0 saturated carbocycles. The van der Waals surface area contributed by atoms with Gasteiger partial charge in [0.15, 0.2) is 0 Å². The summed E-state index contributed by atoms with van der Waals surface area (Å²) in [5.41, 5.74) is 0. The van der Waals surface area contributed by atoms with E-state index in [9.17, 15) is 9.90 Å². The Balaban J connectivity index is 3.57. The second-order valence-electron chi connectivity index (χ2n) is 6.43. The van der Waals surface area contributed by atoms with Gasteiger partial charge in [0, 0.05) is 13.5 Å². The molecule has 1 N–H and O–H groups in total. The monoisotopic (exact) mass is 342 g/mol. The third kappa shape index (κ3) is 13.6. The zero-order valence-electron chi connectivity index (χ0n) is 16.0. The SMILES string of the molecule is CCCCCC(OC)C(O)C/C=C/CCCCCCCC(=O)OC. The van der Waals surface area contributed by atoms with Crippen molar-refractivity contribution >= 4 is 5.97 Å². The normalized spacial score (nSPS) is 14.0. The first-order chi connectivity index (χ1) is 11.7. The van der Waals surface area contributed by atoms with Gasteiger partial charge in [0.2, 0.25) is 0 Å². The summed E-state index contributed by atoms with van der Waals surface area (Å²) in [6.45, 7) is 2.18. The van der Waals surface area contributed by atoms with E-state index in [0.717, 1.165) is 44.9 Å². The number of esters is 1. The van der Waals surface area contributed by atoms with Crippen molar-refractivity contribution in [1.82, 2.24) is 0 Å². The van der Waals surface area contributed by atoms with Crippen LogP contribution in [0.1, 0.15) is 84.0 Å². The maximum atomic E-state index is 11.0. The largest absolute Gasteiger partial charge is 0.469 e. The van der Waals surface area contributed by atoms with Crippen LogP contribution in [-0.2, 0) is 14.3 Å². The summed E-state index contributed by atoms with van der Waals surface area (Å²) >= 11 is 0. The molecule has 0 aromatic carbocycles. The molecule has 0 radical (unpaired) electrons. The van der Waals surface area contributed by atoms with Crippen molar-refractivity contribution in [3.05, 3.63) is 12.2 Å². The molecule has 0 aromatic heterocycles. The van der Waals surface area contributed by atoms with Gasteiger partial charge in [-0.15, -0.1) is 0 Å². The maximum absolute atomic E-state index is 11.0. The number of aliphatic hydroxyl groups excluding tert-OH is 1. The highest BCUT2D eigenvalue weighted by Crippen LogP contribution is 2.13. The van der Waals surface area contributed by atoms with E-state index in [2.05, 4.69) is 23.8 Å². The highest BCUT2D eigenvalue weighted by atomic mass is 16.5. The van der Waals surface area contributed by atoms with Crippen LogP contribution in [0.4, 0.5) is 0 Å². The highest BCUT2D eigenvalue weighted by Gasteiger charge is 2.16. The molecule has 142 valence electrons. The van der Waals surface area contributed by atoms with Crippen molar-refractivity contribution in [2.45, 2.75) is 96.2 Å². The smallest absolute Gasteiger partial charge is 0.305 e. The lowest BCUT2D eigenvalue weighted by molar-refractivity contribution is -0.140. The summed E-state index contributed by atoms with van der Waals surface area (Å²) in [6.07, 6.45) is 16.0.